The molecule has 2 rings (SSSR count). The van der Waals surface area contributed by atoms with Crippen LogP contribution in [-0.4, -0.2) is 22.0 Å². The molecule has 0 bridgehead atoms. The number of hydrogen-bond acceptors (Lipinski definition) is 3. The Morgan fingerprint density at radius 3 is 2.71 bits per heavy atom. The highest BCUT2D eigenvalue weighted by atomic mass is 16.2. The van der Waals surface area contributed by atoms with Crippen LogP contribution < -0.4 is 10.9 Å². The summed E-state index contributed by atoms with van der Waals surface area (Å²) >= 11 is 0. The van der Waals surface area contributed by atoms with E-state index in [2.05, 4.69) is 24.1 Å². The quantitative estimate of drug-likeness (QED) is 0.719. The maximum absolute atomic E-state index is 12.1. The molecule has 0 aliphatic rings. The Kier molecular flexibility index (Phi) is 6.97. The van der Waals surface area contributed by atoms with E-state index < -0.39 is 0 Å². The summed E-state index contributed by atoms with van der Waals surface area (Å²) in [5.41, 5.74) is 1.15. The van der Waals surface area contributed by atoms with Gasteiger partial charge in [0.2, 0.25) is 5.91 Å². The van der Waals surface area contributed by atoms with Crippen molar-refractivity contribution >= 4 is 16.9 Å². The normalized spacial score (nSPS) is 11.1. The number of rotatable bonds is 9. The molecule has 1 N–H and O–H groups in total. The molecule has 1 aromatic carbocycles. The van der Waals surface area contributed by atoms with E-state index in [1.807, 2.05) is 24.3 Å². The molecule has 2 aromatic rings. The minimum atomic E-state index is -0.252. The summed E-state index contributed by atoms with van der Waals surface area (Å²) in [6, 6.07) is 7.35. The smallest absolute Gasteiger partial charge is 0.269 e. The Bertz CT molecular complexity index is 722. The van der Waals surface area contributed by atoms with Crippen molar-refractivity contribution in [1.29, 1.82) is 0 Å². The summed E-state index contributed by atoms with van der Waals surface area (Å²) in [6.45, 7) is 5.18. The average Bonchev–Trinajstić information content (AvgIpc) is 2.56. The lowest BCUT2D eigenvalue weighted by Gasteiger charge is -2.10. The van der Waals surface area contributed by atoms with Gasteiger partial charge in [0.1, 0.15) is 6.54 Å². The highest BCUT2D eigenvalue weighted by molar-refractivity contribution is 5.79. The van der Waals surface area contributed by atoms with Gasteiger partial charge in [0.25, 0.3) is 5.56 Å². The fraction of sp³-hybridized carbons (Fsp3) is 0.526. The van der Waals surface area contributed by atoms with Crippen LogP contribution >= 0.6 is 0 Å². The second kappa shape index (κ2) is 9.21. The van der Waals surface area contributed by atoms with E-state index in [1.54, 1.807) is 0 Å². The van der Waals surface area contributed by atoms with Crippen molar-refractivity contribution in [2.75, 3.05) is 6.54 Å². The van der Waals surface area contributed by atoms with Crippen LogP contribution in [0.2, 0.25) is 0 Å². The summed E-state index contributed by atoms with van der Waals surface area (Å²) in [6.07, 6.45) is 7.11. The molecule has 1 amide bonds. The first-order valence-electron chi connectivity index (χ1n) is 8.79. The summed E-state index contributed by atoms with van der Waals surface area (Å²) in [4.78, 5) is 28.2. The Hall–Kier alpha value is -2.17. The first-order chi connectivity index (χ1) is 11.6. The lowest BCUT2D eigenvalue weighted by Crippen LogP contribution is -2.33. The second-order valence-corrected chi connectivity index (χ2v) is 6.62. The third kappa shape index (κ3) is 5.48. The molecule has 0 aliphatic heterocycles. The van der Waals surface area contributed by atoms with Crippen LogP contribution in [0.5, 0.6) is 0 Å². The molecule has 0 fully saturated rings. The van der Waals surface area contributed by atoms with Crippen LogP contribution in [0.3, 0.4) is 0 Å². The Balaban J connectivity index is 1.79. The predicted octanol–water partition coefficient (Wildman–Crippen LogP) is 3.12. The first kappa shape index (κ1) is 18.2. The van der Waals surface area contributed by atoms with Gasteiger partial charge in [-0.2, -0.15) is 0 Å². The number of aromatic nitrogens is 2. The topological polar surface area (TPSA) is 64.0 Å². The Morgan fingerprint density at radius 1 is 1.17 bits per heavy atom. The fourth-order valence-corrected chi connectivity index (χ4v) is 2.74. The molecule has 1 aromatic heterocycles. The molecule has 5 heteroatoms. The van der Waals surface area contributed by atoms with Crippen molar-refractivity contribution in [2.24, 2.45) is 5.92 Å². The zero-order valence-corrected chi connectivity index (χ0v) is 14.6. The molecule has 0 spiro atoms. The second-order valence-electron chi connectivity index (χ2n) is 6.62. The molecule has 0 unspecified atom stereocenters. The molecule has 0 radical (unpaired) electrons. The van der Waals surface area contributed by atoms with Gasteiger partial charge < -0.3 is 5.32 Å². The number of hydrogen-bond donors (Lipinski definition) is 1. The number of nitrogens with one attached hydrogen (secondary N) is 1. The molecule has 1 heterocycles. The van der Waals surface area contributed by atoms with Gasteiger partial charge >= 0.3 is 0 Å². The number of nitrogens with zero attached hydrogens (tertiary/aromatic N) is 2. The maximum atomic E-state index is 12.1. The molecule has 130 valence electrons. The standard InChI is InChI=1S/C19H27N3O2/c1-15(2)9-5-3-4-8-12-20-18(23)14-22-17-11-7-6-10-16(17)21-13-19(22)24/h6-7,10-11,13,15H,3-5,8-9,12,14H2,1-2H3,(H,20,23). The first-order valence-corrected chi connectivity index (χ1v) is 8.79. The van der Waals surface area contributed by atoms with E-state index in [0.29, 0.717) is 12.1 Å². The van der Waals surface area contributed by atoms with Crippen molar-refractivity contribution in [3.8, 4) is 0 Å². The summed E-state index contributed by atoms with van der Waals surface area (Å²) in [5, 5.41) is 2.90. The van der Waals surface area contributed by atoms with E-state index in [0.717, 1.165) is 24.3 Å². The van der Waals surface area contributed by atoms with Gasteiger partial charge in [0, 0.05) is 6.54 Å². The van der Waals surface area contributed by atoms with Crippen molar-refractivity contribution in [3.05, 3.63) is 40.8 Å². The number of carbonyl (C=O) groups excluding carboxylic acids is 1. The van der Waals surface area contributed by atoms with Gasteiger partial charge in [0.15, 0.2) is 0 Å². The molecular formula is C19H27N3O2. The number of para-hydroxylation sites is 2. The van der Waals surface area contributed by atoms with Crippen LogP contribution in [-0.2, 0) is 11.3 Å². The SMILES string of the molecule is CC(C)CCCCCCNC(=O)Cn1c(=O)cnc2ccccc21. The highest BCUT2D eigenvalue weighted by Gasteiger charge is 2.08. The average molecular weight is 329 g/mol. The van der Waals surface area contributed by atoms with E-state index in [4.69, 9.17) is 0 Å². The number of unbranched alkanes of at least 4 members (excludes halogenated alkanes) is 3. The third-order valence-corrected chi connectivity index (χ3v) is 4.08. The van der Waals surface area contributed by atoms with Gasteiger partial charge in [-0.1, -0.05) is 51.7 Å². The van der Waals surface area contributed by atoms with E-state index in [1.165, 1.54) is 30.0 Å². The summed E-state index contributed by atoms with van der Waals surface area (Å²) < 4.78 is 1.47. The monoisotopic (exact) mass is 329 g/mol. The molecule has 5 nitrogen and oxygen atoms in total. The van der Waals surface area contributed by atoms with Gasteiger partial charge in [-0.05, 0) is 24.5 Å². The van der Waals surface area contributed by atoms with Crippen LogP contribution in [0.1, 0.15) is 46.0 Å². The summed E-state index contributed by atoms with van der Waals surface area (Å²) in [5.74, 6) is 0.633. The van der Waals surface area contributed by atoms with E-state index in [9.17, 15) is 9.59 Å². The third-order valence-electron chi connectivity index (χ3n) is 4.08. The van der Waals surface area contributed by atoms with Crippen molar-refractivity contribution in [1.82, 2.24) is 14.9 Å². The van der Waals surface area contributed by atoms with Gasteiger partial charge in [-0.15, -0.1) is 0 Å². The van der Waals surface area contributed by atoms with Gasteiger partial charge in [-0.25, -0.2) is 4.98 Å². The van der Waals surface area contributed by atoms with Crippen LogP contribution in [0, 0.1) is 5.92 Å². The fourth-order valence-electron chi connectivity index (χ4n) is 2.74. The zero-order chi connectivity index (χ0) is 17.4. The largest absolute Gasteiger partial charge is 0.355 e. The molecular weight excluding hydrogens is 302 g/mol. The number of amides is 1. The lowest BCUT2D eigenvalue weighted by atomic mass is 10.0. The number of carbonyl (C=O) groups is 1. The maximum Gasteiger partial charge on any atom is 0.269 e. The lowest BCUT2D eigenvalue weighted by molar-refractivity contribution is -0.121. The number of fused-ring (bicyclic) bond motifs is 1. The van der Waals surface area contributed by atoms with Crippen LogP contribution in [0.15, 0.2) is 35.3 Å². The Labute approximate surface area is 143 Å². The zero-order valence-electron chi connectivity index (χ0n) is 14.6. The van der Waals surface area contributed by atoms with Crippen LogP contribution in [0.25, 0.3) is 11.0 Å². The molecule has 0 saturated carbocycles. The molecule has 0 aliphatic carbocycles. The van der Waals surface area contributed by atoms with Crippen LogP contribution in [0.4, 0.5) is 0 Å². The van der Waals surface area contributed by atoms with E-state index in [-0.39, 0.29) is 18.0 Å². The predicted molar refractivity (Wildman–Crippen MR) is 96.9 cm³/mol. The number of benzene rings is 1. The molecule has 0 atom stereocenters. The van der Waals surface area contributed by atoms with E-state index >= 15 is 0 Å². The van der Waals surface area contributed by atoms with Gasteiger partial charge in [0.05, 0.1) is 17.2 Å². The van der Waals surface area contributed by atoms with Crippen molar-refractivity contribution in [3.63, 3.8) is 0 Å². The summed E-state index contributed by atoms with van der Waals surface area (Å²) in [7, 11) is 0. The van der Waals surface area contributed by atoms with Crippen molar-refractivity contribution < 1.29 is 4.79 Å². The highest BCUT2D eigenvalue weighted by Crippen LogP contribution is 2.09. The molecule has 0 saturated heterocycles. The van der Waals surface area contributed by atoms with Crippen molar-refractivity contribution in [2.45, 2.75) is 52.5 Å². The minimum Gasteiger partial charge on any atom is -0.355 e. The molecule has 24 heavy (non-hydrogen) atoms. The Morgan fingerprint density at radius 2 is 1.92 bits per heavy atom. The van der Waals surface area contributed by atoms with Gasteiger partial charge in [-0.3, -0.25) is 14.2 Å². The minimum absolute atomic E-state index is 0.0369.